The van der Waals surface area contributed by atoms with Gasteiger partial charge >= 0.3 is 0 Å². The molecular weight excluding hydrogens is 312 g/mol. The maximum absolute atomic E-state index is 12.5. The Kier molecular flexibility index (Phi) is 4.04. The standard InChI is InChI=1S/C18H16O6/c1-21-10-7-14(22-2)11(15(8-10)23-3)9-16-18(20)17-12(19)5-4-6-13(17)24-16/h4-9,19H,1-3H3/b16-9-. The van der Waals surface area contributed by atoms with Gasteiger partial charge in [-0.15, -0.1) is 0 Å². The minimum absolute atomic E-state index is 0.0771. The lowest BCUT2D eigenvalue weighted by molar-refractivity contribution is 0.101. The number of carbonyl (C=O) groups excluding carboxylic acids is 1. The third kappa shape index (κ3) is 2.52. The number of fused-ring (bicyclic) bond motifs is 1. The third-order valence-corrected chi connectivity index (χ3v) is 3.70. The average molecular weight is 328 g/mol. The van der Waals surface area contributed by atoms with Gasteiger partial charge in [0.15, 0.2) is 5.76 Å². The Morgan fingerprint density at radius 3 is 2.25 bits per heavy atom. The number of benzene rings is 2. The Morgan fingerprint density at radius 2 is 1.71 bits per heavy atom. The quantitative estimate of drug-likeness (QED) is 0.870. The van der Waals surface area contributed by atoms with Crippen LogP contribution in [0.5, 0.6) is 28.7 Å². The van der Waals surface area contributed by atoms with E-state index in [4.69, 9.17) is 18.9 Å². The van der Waals surface area contributed by atoms with Crippen molar-refractivity contribution in [2.45, 2.75) is 0 Å². The van der Waals surface area contributed by atoms with Crippen molar-refractivity contribution in [3.05, 3.63) is 47.2 Å². The van der Waals surface area contributed by atoms with Crippen LogP contribution in [0.2, 0.25) is 0 Å². The number of rotatable bonds is 4. The van der Waals surface area contributed by atoms with Crippen LogP contribution in [0.1, 0.15) is 15.9 Å². The van der Waals surface area contributed by atoms with Crippen molar-refractivity contribution >= 4 is 11.9 Å². The first-order valence-corrected chi connectivity index (χ1v) is 7.15. The molecular formula is C18H16O6. The Labute approximate surface area is 138 Å². The van der Waals surface area contributed by atoms with E-state index in [9.17, 15) is 9.90 Å². The van der Waals surface area contributed by atoms with E-state index in [1.54, 1.807) is 24.3 Å². The number of hydrogen-bond acceptors (Lipinski definition) is 6. The van der Waals surface area contributed by atoms with Crippen molar-refractivity contribution in [1.82, 2.24) is 0 Å². The second-order valence-corrected chi connectivity index (χ2v) is 5.04. The van der Waals surface area contributed by atoms with Crippen LogP contribution in [0.25, 0.3) is 6.08 Å². The molecule has 0 aliphatic carbocycles. The Balaban J connectivity index is 2.10. The van der Waals surface area contributed by atoms with E-state index < -0.39 is 5.78 Å². The molecule has 1 aliphatic rings. The number of hydrogen-bond donors (Lipinski definition) is 1. The van der Waals surface area contributed by atoms with Crippen LogP contribution in [0.3, 0.4) is 0 Å². The molecule has 124 valence electrons. The van der Waals surface area contributed by atoms with Crippen molar-refractivity contribution < 1.29 is 28.8 Å². The highest BCUT2D eigenvalue weighted by Gasteiger charge is 2.31. The fourth-order valence-electron chi connectivity index (χ4n) is 2.52. The summed E-state index contributed by atoms with van der Waals surface area (Å²) in [6.07, 6.45) is 1.53. The highest BCUT2D eigenvalue weighted by Crippen LogP contribution is 2.40. The van der Waals surface area contributed by atoms with Crippen LogP contribution in [0, 0.1) is 0 Å². The van der Waals surface area contributed by atoms with Gasteiger partial charge in [-0.1, -0.05) is 6.07 Å². The number of phenolic OH excluding ortho intramolecular Hbond substituents is 1. The zero-order chi connectivity index (χ0) is 17.3. The van der Waals surface area contributed by atoms with Crippen molar-refractivity contribution in [2.24, 2.45) is 0 Å². The Hall–Kier alpha value is -3.15. The lowest BCUT2D eigenvalue weighted by Crippen LogP contribution is -2.01. The van der Waals surface area contributed by atoms with E-state index in [1.807, 2.05) is 0 Å². The molecule has 1 heterocycles. The van der Waals surface area contributed by atoms with Gasteiger partial charge in [0.05, 0.1) is 26.9 Å². The molecule has 6 heteroatoms. The number of methoxy groups -OCH3 is 3. The number of aromatic hydroxyl groups is 1. The molecule has 2 aromatic rings. The highest BCUT2D eigenvalue weighted by molar-refractivity contribution is 6.16. The van der Waals surface area contributed by atoms with Crippen molar-refractivity contribution in [1.29, 1.82) is 0 Å². The summed E-state index contributed by atoms with van der Waals surface area (Å²) in [6, 6.07) is 8.03. The zero-order valence-electron chi connectivity index (χ0n) is 13.5. The van der Waals surface area contributed by atoms with Gasteiger partial charge in [0.2, 0.25) is 5.78 Å². The average Bonchev–Trinajstić information content (AvgIpc) is 2.92. The van der Waals surface area contributed by atoms with E-state index in [-0.39, 0.29) is 17.1 Å². The molecule has 0 amide bonds. The van der Waals surface area contributed by atoms with Crippen LogP contribution in [0.15, 0.2) is 36.1 Å². The summed E-state index contributed by atoms with van der Waals surface area (Å²) < 4.78 is 21.5. The number of ketones is 1. The van der Waals surface area contributed by atoms with Crippen molar-refractivity contribution in [3.8, 4) is 28.7 Å². The number of ether oxygens (including phenoxy) is 4. The topological polar surface area (TPSA) is 74.2 Å². The fraction of sp³-hybridized carbons (Fsp3) is 0.167. The van der Waals surface area contributed by atoms with Crippen LogP contribution in [-0.2, 0) is 0 Å². The predicted octanol–water partition coefficient (Wildman–Crippen LogP) is 3.03. The lowest BCUT2D eigenvalue weighted by atomic mass is 10.1. The number of phenols is 1. The molecule has 0 saturated carbocycles. The second-order valence-electron chi connectivity index (χ2n) is 5.04. The monoisotopic (exact) mass is 328 g/mol. The summed E-state index contributed by atoms with van der Waals surface area (Å²) in [7, 11) is 4.55. The van der Waals surface area contributed by atoms with Gasteiger partial charge in [-0.2, -0.15) is 0 Å². The van der Waals surface area contributed by atoms with Crippen LogP contribution in [0.4, 0.5) is 0 Å². The van der Waals surface area contributed by atoms with Gasteiger partial charge < -0.3 is 24.1 Å². The molecule has 24 heavy (non-hydrogen) atoms. The Bertz CT molecular complexity index is 812. The maximum atomic E-state index is 12.5. The maximum Gasteiger partial charge on any atom is 0.235 e. The van der Waals surface area contributed by atoms with E-state index in [0.29, 0.717) is 28.6 Å². The molecule has 6 nitrogen and oxygen atoms in total. The number of carbonyl (C=O) groups is 1. The lowest BCUT2D eigenvalue weighted by Gasteiger charge is -2.13. The zero-order valence-corrected chi connectivity index (χ0v) is 13.5. The summed E-state index contributed by atoms with van der Waals surface area (Å²) in [4.78, 5) is 12.5. The van der Waals surface area contributed by atoms with Crippen LogP contribution < -0.4 is 18.9 Å². The fourth-order valence-corrected chi connectivity index (χ4v) is 2.52. The van der Waals surface area contributed by atoms with Crippen molar-refractivity contribution in [2.75, 3.05) is 21.3 Å². The smallest absolute Gasteiger partial charge is 0.235 e. The van der Waals surface area contributed by atoms with Gasteiger partial charge in [-0.05, 0) is 18.2 Å². The molecule has 0 fully saturated rings. The van der Waals surface area contributed by atoms with Gasteiger partial charge in [0, 0.05) is 12.1 Å². The highest BCUT2D eigenvalue weighted by atomic mass is 16.5. The summed E-state index contributed by atoms with van der Waals surface area (Å²) in [5, 5.41) is 9.86. The summed E-state index contributed by atoms with van der Waals surface area (Å²) >= 11 is 0. The normalized spacial score (nSPS) is 14.3. The summed E-state index contributed by atoms with van der Waals surface area (Å²) in [5.41, 5.74) is 0.687. The Morgan fingerprint density at radius 1 is 1.04 bits per heavy atom. The van der Waals surface area contributed by atoms with E-state index in [0.717, 1.165) is 0 Å². The van der Waals surface area contributed by atoms with Gasteiger partial charge in [0.25, 0.3) is 0 Å². The molecule has 1 N–H and O–H groups in total. The molecule has 0 atom stereocenters. The van der Waals surface area contributed by atoms with Crippen molar-refractivity contribution in [3.63, 3.8) is 0 Å². The molecule has 0 aromatic heterocycles. The first kappa shape index (κ1) is 15.7. The first-order valence-electron chi connectivity index (χ1n) is 7.15. The van der Waals surface area contributed by atoms with Crippen LogP contribution >= 0.6 is 0 Å². The second kappa shape index (κ2) is 6.16. The number of allylic oxidation sites excluding steroid dienone is 1. The SMILES string of the molecule is COc1cc(OC)c(/C=C2\Oc3cccc(O)c3C2=O)c(OC)c1. The largest absolute Gasteiger partial charge is 0.507 e. The molecule has 0 bridgehead atoms. The molecule has 0 saturated heterocycles. The third-order valence-electron chi connectivity index (χ3n) is 3.70. The van der Waals surface area contributed by atoms with E-state index >= 15 is 0 Å². The predicted molar refractivity (Wildman–Crippen MR) is 87.1 cm³/mol. The molecule has 0 unspecified atom stereocenters. The van der Waals surface area contributed by atoms with Crippen LogP contribution in [-0.4, -0.2) is 32.2 Å². The summed E-state index contributed by atoms with van der Waals surface area (Å²) in [6.45, 7) is 0. The summed E-state index contributed by atoms with van der Waals surface area (Å²) in [5.74, 6) is 1.37. The van der Waals surface area contributed by atoms with Gasteiger partial charge in [-0.25, -0.2) is 0 Å². The van der Waals surface area contributed by atoms with Gasteiger partial charge in [-0.3, -0.25) is 4.79 Å². The molecule has 0 radical (unpaired) electrons. The molecule has 1 aliphatic heterocycles. The molecule has 3 rings (SSSR count). The molecule has 0 spiro atoms. The minimum Gasteiger partial charge on any atom is -0.507 e. The minimum atomic E-state index is -0.400. The van der Waals surface area contributed by atoms with E-state index in [1.165, 1.54) is 33.5 Å². The van der Waals surface area contributed by atoms with Gasteiger partial charge in [0.1, 0.15) is 34.3 Å². The first-order chi connectivity index (χ1) is 11.6. The molecule has 2 aromatic carbocycles. The van der Waals surface area contributed by atoms with E-state index in [2.05, 4.69) is 0 Å². The number of Topliss-reactive ketones (excluding diaryl/α,β-unsaturated/α-hetero) is 1.